The molecule has 0 bridgehead atoms. The number of hydrogen-bond acceptors (Lipinski definition) is 0. The summed E-state index contributed by atoms with van der Waals surface area (Å²) >= 11 is 5.51. The molecule has 0 aliphatic rings. The van der Waals surface area contributed by atoms with Gasteiger partial charge >= 0.3 is 0 Å². The third-order valence-electron chi connectivity index (χ3n) is 0.491. The Morgan fingerprint density at radius 3 is 2.50 bits per heavy atom. The van der Waals surface area contributed by atoms with E-state index in [-0.39, 0.29) is 5.38 Å². The standard InChI is InChI=1S/C5H9Cl/c1-3-4-5(2)6/h3,5H,1,4H2,2H3/t5-/m0/s1. The molecule has 36 valence electrons. The van der Waals surface area contributed by atoms with Gasteiger partial charge in [-0.2, -0.15) is 0 Å². The van der Waals surface area contributed by atoms with Gasteiger partial charge in [-0.25, -0.2) is 0 Å². The number of hydrogen-bond donors (Lipinski definition) is 0. The zero-order valence-corrected chi connectivity index (χ0v) is 4.70. The van der Waals surface area contributed by atoms with E-state index < -0.39 is 0 Å². The Balaban J connectivity index is 2.81. The maximum Gasteiger partial charge on any atom is 0.0342 e. The molecule has 0 aliphatic carbocycles. The van der Waals surface area contributed by atoms with Crippen LogP contribution in [-0.4, -0.2) is 5.38 Å². The largest absolute Gasteiger partial charge is 0.123 e. The second-order valence-electron chi connectivity index (χ2n) is 1.31. The summed E-state index contributed by atoms with van der Waals surface area (Å²) in [5, 5.41) is 0.252. The first-order chi connectivity index (χ1) is 2.77. The molecule has 0 aliphatic heterocycles. The molecule has 0 saturated carbocycles. The SMILES string of the molecule is C=CC[C@H](C)Cl. The van der Waals surface area contributed by atoms with Crippen molar-refractivity contribution in [3.8, 4) is 0 Å². The van der Waals surface area contributed by atoms with Gasteiger partial charge in [-0.3, -0.25) is 0 Å². The molecular formula is C5H9Cl. The molecule has 0 heterocycles. The predicted molar refractivity (Wildman–Crippen MR) is 30.1 cm³/mol. The third kappa shape index (κ3) is 4.03. The molecule has 0 aromatic rings. The first kappa shape index (κ1) is 6.03. The minimum absolute atomic E-state index is 0.252. The fourth-order valence-electron chi connectivity index (χ4n) is 0.230. The lowest BCUT2D eigenvalue weighted by Gasteiger charge is -1.89. The van der Waals surface area contributed by atoms with Crippen molar-refractivity contribution in [2.75, 3.05) is 0 Å². The van der Waals surface area contributed by atoms with Gasteiger partial charge in [-0.15, -0.1) is 18.2 Å². The average Bonchev–Trinajstić information content (AvgIpc) is 1.35. The van der Waals surface area contributed by atoms with Crippen LogP contribution in [0.1, 0.15) is 13.3 Å². The van der Waals surface area contributed by atoms with E-state index in [9.17, 15) is 0 Å². The second kappa shape index (κ2) is 3.23. The highest BCUT2D eigenvalue weighted by molar-refractivity contribution is 6.20. The molecule has 0 nitrogen and oxygen atoms in total. The third-order valence-corrected chi connectivity index (χ3v) is 0.670. The summed E-state index contributed by atoms with van der Waals surface area (Å²) in [6.07, 6.45) is 2.72. The maximum atomic E-state index is 5.51. The topological polar surface area (TPSA) is 0 Å². The molecule has 0 radical (unpaired) electrons. The summed E-state index contributed by atoms with van der Waals surface area (Å²) < 4.78 is 0. The Bertz CT molecular complexity index is 39.2. The van der Waals surface area contributed by atoms with Crippen LogP contribution in [0.4, 0.5) is 0 Å². The fourth-order valence-corrected chi connectivity index (χ4v) is 0.356. The first-order valence-electron chi connectivity index (χ1n) is 2.02. The van der Waals surface area contributed by atoms with Crippen LogP contribution < -0.4 is 0 Å². The van der Waals surface area contributed by atoms with Crippen LogP contribution >= 0.6 is 11.6 Å². The summed E-state index contributed by atoms with van der Waals surface area (Å²) in [5.74, 6) is 0. The number of rotatable bonds is 2. The lowest BCUT2D eigenvalue weighted by atomic mass is 10.3. The number of halogens is 1. The minimum atomic E-state index is 0.252. The summed E-state index contributed by atoms with van der Waals surface area (Å²) in [6.45, 7) is 5.46. The molecule has 0 amide bonds. The zero-order valence-electron chi connectivity index (χ0n) is 3.95. The lowest BCUT2D eigenvalue weighted by molar-refractivity contribution is 0.971. The van der Waals surface area contributed by atoms with Gasteiger partial charge in [0.2, 0.25) is 0 Å². The summed E-state index contributed by atoms with van der Waals surface area (Å²) in [6, 6.07) is 0. The first-order valence-corrected chi connectivity index (χ1v) is 2.46. The Labute approximate surface area is 43.8 Å². The van der Waals surface area contributed by atoms with E-state index >= 15 is 0 Å². The molecule has 0 aromatic carbocycles. The van der Waals surface area contributed by atoms with E-state index in [2.05, 4.69) is 6.58 Å². The molecule has 1 heteroatoms. The van der Waals surface area contributed by atoms with Crippen LogP contribution in [0.5, 0.6) is 0 Å². The molecule has 1 atom stereocenters. The highest BCUT2D eigenvalue weighted by Crippen LogP contribution is 1.97. The number of allylic oxidation sites excluding steroid dienone is 1. The number of alkyl halides is 1. The Morgan fingerprint density at radius 1 is 2.00 bits per heavy atom. The maximum absolute atomic E-state index is 5.51. The van der Waals surface area contributed by atoms with Crippen LogP contribution in [0.2, 0.25) is 0 Å². The molecule has 0 spiro atoms. The van der Waals surface area contributed by atoms with Crippen LogP contribution in [-0.2, 0) is 0 Å². The molecule has 0 saturated heterocycles. The van der Waals surface area contributed by atoms with Gasteiger partial charge < -0.3 is 0 Å². The van der Waals surface area contributed by atoms with E-state index in [1.54, 1.807) is 0 Å². The molecule has 0 rings (SSSR count). The highest BCUT2D eigenvalue weighted by Gasteiger charge is 1.85. The van der Waals surface area contributed by atoms with Gasteiger partial charge in [-0.05, 0) is 13.3 Å². The van der Waals surface area contributed by atoms with E-state index in [1.807, 2.05) is 13.0 Å². The monoisotopic (exact) mass is 104 g/mol. The van der Waals surface area contributed by atoms with Crippen LogP contribution in [0.15, 0.2) is 12.7 Å². The summed E-state index contributed by atoms with van der Waals surface area (Å²) in [5.41, 5.74) is 0. The molecule has 0 aromatic heterocycles. The molecular weight excluding hydrogens is 95.5 g/mol. The van der Waals surface area contributed by atoms with Gasteiger partial charge in [0.1, 0.15) is 0 Å². The van der Waals surface area contributed by atoms with Crippen LogP contribution in [0, 0.1) is 0 Å². The van der Waals surface area contributed by atoms with Crippen molar-refractivity contribution in [3.05, 3.63) is 12.7 Å². The lowest BCUT2D eigenvalue weighted by Crippen LogP contribution is -1.83. The fraction of sp³-hybridized carbons (Fsp3) is 0.600. The van der Waals surface area contributed by atoms with Crippen molar-refractivity contribution >= 4 is 11.6 Å². The molecule has 0 unspecified atom stereocenters. The quantitative estimate of drug-likeness (QED) is 0.372. The summed E-state index contributed by atoms with van der Waals surface area (Å²) in [7, 11) is 0. The van der Waals surface area contributed by atoms with Crippen LogP contribution in [0.25, 0.3) is 0 Å². The van der Waals surface area contributed by atoms with Crippen molar-refractivity contribution < 1.29 is 0 Å². The molecule has 6 heavy (non-hydrogen) atoms. The van der Waals surface area contributed by atoms with Crippen molar-refractivity contribution in [1.82, 2.24) is 0 Å². The normalized spacial score (nSPS) is 13.7. The second-order valence-corrected chi connectivity index (χ2v) is 2.05. The van der Waals surface area contributed by atoms with Gasteiger partial charge in [0.05, 0.1) is 0 Å². The Morgan fingerprint density at radius 2 is 2.50 bits per heavy atom. The minimum Gasteiger partial charge on any atom is -0.123 e. The van der Waals surface area contributed by atoms with Crippen molar-refractivity contribution in [2.45, 2.75) is 18.7 Å². The predicted octanol–water partition coefficient (Wildman–Crippen LogP) is 2.19. The molecule has 0 fully saturated rings. The zero-order chi connectivity index (χ0) is 4.99. The molecule has 0 N–H and O–H groups in total. The van der Waals surface area contributed by atoms with Crippen molar-refractivity contribution in [3.63, 3.8) is 0 Å². The average molecular weight is 105 g/mol. The van der Waals surface area contributed by atoms with Gasteiger partial charge in [0.15, 0.2) is 0 Å². The van der Waals surface area contributed by atoms with E-state index in [0.29, 0.717) is 0 Å². The van der Waals surface area contributed by atoms with Crippen LogP contribution in [0.3, 0.4) is 0 Å². The van der Waals surface area contributed by atoms with Gasteiger partial charge in [0, 0.05) is 5.38 Å². The smallest absolute Gasteiger partial charge is 0.0342 e. The van der Waals surface area contributed by atoms with Crippen molar-refractivity contribution in [2.24, 2.45) is 0 Å². The van der Waals surface area contributed by atoms with Gasteiger partial charge in [-0.1, -0.05) is 6.08 Å². The van der Waals surface area contributed by atoms with E-state index in [4.69, 9.17) is 11.6 Å². The van der Waals surface area contributed by atoms with Gasteiger partial charge in [0.25, 0.3) is 0 Å². The Hall–Kier alpha value is 0.0300. The Kier molecular flexibility index (Phi) is 3.24. The highest BCUT2D eigenvalue weighted by atomic mass is 35.5. The van der Waals surface area contributed by atoms with E-state index in [0.717, 1.165) is 6.42 Å². The summed E-state index contributed by atoms with van der Waals surface area (Å²) in [4.78, 5) is 0. The van der Waals surface area contributed by atoms with E-state index in [1.165, 1.54) is 0 Å². The van der Waals surface area contributed by atoms with Crippen molar-refractivity contribution in [1.29, 1.82) is 0 Å².